The van der Waals surface area contributed by atoms with E-state index in [2.05, 4.69) is 15.2 Å². The first-order valence-corrected chi connectivity index (χ1v) is 8.80. The van der Waals surface area contributed by atoms with Gasteiger partial charge in [0.2, 0.25) is 0 Å². The molecule has 0 aromatic carbocycles. The van der Waals surface area contributed by atoms with Gasteiger partial charge in [0.1, 0.15) is 11.3 Å². The topological polar surface area (TPSA) is 69.9 Å². The largest absolute Gasteiger partial charge is 0.389 e. The van der Waals surface area contributed by atoms with E-state index in [0.717, 1.165) is 37.1 Å². The zero-order chi connectivity index (χ0) is 16.7. The third kappa shape index (κ3) is 2.80. The van der Waals surface area contributed by atoms with Gasteiger partial charge < -0.3 is 14.8 Å². The number of imidazole rings is 1. The Morgan fingerprint density at radius 1 is 1.25 bits per heavy atom. The van der Waals surface area contributed by atoms with Crippen molar-refractivity contribution in [2.24, 2.45) is 0 Å². The van der Waals surface area contributed by atoms with E-state index in [0.29, 0.717) is 5.69 Å². The third-order valence-electron chi connectivity index (χ3n) is 5.34. The van der Waals surface area contributed by atoms with Gasteiger partial charge >= 0.3 is 0 Å². The van der Waals surface area contributed by atoms with Gasteiger partial charge in [0.05, 0.1) is 12.1 Å². The summed E-state index contributed by atoms with van der Waals surface area (Å²) in [5, 5.41) is 13.6. The first kappa shape index (κ1) is 15.6. The molecule has 1 saturated heterocycles. The normalized spacial score (nSPS) is 27.8. The molecule has 0 unspecified atom stereocenters. The molecule has 3 heterocycles. The van der Waals surface area contributed by atoms with Crippen LogP contribution in [0.1, 0.15) is 41.7 Å². The lowest BCUT2D eigenvalue weighted by molar-refractivity contribution is 0.0618. The molecule has 6 heteroatoms. The number of likely N-dealkylation sites (tertiary alicyclic amines) is 1. The van der Waals surface area contributed by atoms with Crippen molar-refractivity contribution in [3.63, 3.8) is 0 Å². The first-order chi connectivity index (χ1) is 11.6. The summed E-state index contributed by atoms with van der Waals surface area (Å²) in [4.78, 5) is 19.3. The second-order valence-corrected chi connectivity index (χ2v) is 7.06. The fourth-order valence-corrected chi connectivity index (χ4v) is 4.04. The minimum Gasteiger partial charge on any atom is -0.389 e. The Bertz CT molecular complexity index is 751. The first-order valence-electron chi connectivity index (χ1n) is 8.80. The van der Waals surface area contributed by atoms with Gasteiger partial charge in [0.15, 0.2) is 0 Å². The molecular weight excluding hydrogens is 304 g/mol. The number of nitrogens with zero attached hydrogens (tertiary/aromatic N) is 3. The highest BCUT2D eigenvalue weighted by Gasteiger charge is 2.39. The Labute approximate surface area is 141 Å². The maximum absolute atomic E-state index is 12.5. The molecule has 1 amide bonds. The molecule has 2 fully saturated rings. The van der Waals surface area contributed by atoms with Crippen LogP contribution >= 0.6 is 0 Å². The molecule has 4 rings (SSSR count). The number of pyridine rings is 1. The van der Waals surface area contributed by atoms with Gasteiger partial charge in [-0.25, -0.2) is 4.98 Å². The second-order valence-electron chi connectivity index (χ2n) is 7.06. The molecule has 1 aliphatic heterocycles. The van der Waals surface area contributed by atoms with Crippen molar-refractivity contribution < 1.29 is 9.90 Å². The number of fused-ring (bicyclic) bond motifs is 1. The predicted octanol–water partition coefficient (Wildman–Crippen LogP) is 1.36. The number of hydrogen-bond acceptors (Lipinski definition) is 4. The summed E-state index contributed by atoms with van der Waals surface area (Å²) in [6.07, 6.45) is 7.38. The molecule has 6 nitrogen and oxygen atoms in total. The summed E-state index contributed by atoms with van der Waals surface area (Å²) in [5.74, 6) is -0.206. The molecular formula is C18H24N4O2. The zero-order valence-electron chi connectivity index (χ0n) is 14.0. The van der Waals surface area contributed by atoms with Crippen LogP contribution in [0.4, 0.5) is 0 Å². The second kappa shape index (κ2) is 6.18. The molecule has 128 valence electrons. The highest BCUT2D eigenvalue weighted by atomic mass is 16.3. The van der Waals surface area contributed by atoms with Crippen molar-refractivity contribution in [2.75, 3.05) is 13.1 Å². The molecule has 2 aromatic rings. The molecule has 1 aliphatic carbocycles. The lowest BCUT2D eigenvalue weighted by Gasteiger charge is -2.28. The van der Waals surface area contributed by atoms with Crippen LogP contribution in [-0.4, -0.2) is 56.6 Å². The van der Waals surface area contributed by atoms with Crippen LogP contribution in [-0.2, 0) is 0 Å². The number of aliphatic hydroxyl groups excluding tert-OH is 1. The van der Waals surface area contributed by atoms with E-state index < -0.39 is 6.10 Å². The molecule has 1 saturated carbocycles. The van der Waals surface area contributed by atoms with Crippen LogP contribution in [0.25, 0.3) is 5.65 Å². The highest BCUT2D eigenvalue weighted by Crippen LogP contribution is 2.27. The van der Waals surface area contributed by atoms with Crippen LogP contribution in [0, 0.1) is 6.92 Å². The van der Waals surface area contributed by atoms with Crippen molar-refractivity contribution in [1.82, 2.24) is 19.6 Å². The summed E-state index contributed by atoms with van der Waals surface area (Å²) in [7, 11) is 0. The maximum Gasteiger partial charge on any atom is 0.271 e. The number of hydrogen-bond donors (Lipinski definition) is 2. The fourth-order valence-electron chi connectivity index (χ4n) is 4.04. The van der Waals surface area contributed by atoms with Crippen molar-refractivity contribution in [1.29, 1.82) is 0 Å². The quantitative estimate of drug-likeness (QED) is 0.893. The fraction of sp³-hybridized carbons (Fsp3) is 0.556. The van der Waals surface area contributed by atoms with Gasteiger partial charge in [0.25, 0.3) is 5.91 Å². The monoisotopic (exact) mass is 328 g/mol. The summed E-state index contributed by atoms with van der Waals surface area (Å²) in [6, 6.07) is 3.88. The molecule has 0 bridgehead atoms. The summed E-state index contributed by atoms with van der Waals surface area (Å²) >= 11 is 0. The van der Waals surface area contributed by atoms with Crippen molar-refractivity contribution >= 4 is 11.6 Å². The zero-order valence-corrected chi connectivity index (χ0v) is 14.0. The number of rotatable bonds is 3. The molecule has 2 aromatic heterocycles. The number of nitrogens with one attached hydrogen (secondary N) is 1. The third-order valence-corrected chi connectivity index (χ3v) is 5.34. The van der Waals surface area contributed by atoms with Crippen LogP contribution < -0.4 is 5.32 Å². The smallest absolute Gasteiger partial charge is 0.271 e. The lowest BCUT2D eigenvalue weighted by Crippen LogP contribution is -2.47. The number of aryl methyl sites for hydroxylation is 1. The van der Waals surface area contributed by atoms with E-state index in [1.165, 1.54) is 12.8 Å². The van der Waals surface area contributed by atoms with Gasteiger partial charge in [-0.3, -0.25) is 9.69 Å². The Morgan fingerprint density at radius 2 is 2.04 bits per heavy atom. The maximum atomic E-state index is 12.5. The van der Waals surface area contributed by atoms with Crippen LogP contribution in [0.15, 0.2) is 24.5 Å². The molecule has 0 spiro atoms. The Kier molecular flexibility index (Phi) is 4.02. The lowest BCUT2D eigenvalue weighted by atomic mass is 10.1. The van der Waals surface area contributed by atoms with Gasteiger partial charge in [-0.15, -0.1) is 0 Å². The number of aliphatic hydroxyl groups is 1. The Hall–Kier alpha value is -1.92. The van der Waals surface area contributed by atoms with Crippen molar-refractivity contribution in [3.8, 4) is 0 Å². The van der Waals surface area contributed by atoms with E-state index in [9.17, 15) is 9.90 Å². The summed E-state index contributed by atoms with van der Waals surface area (Å²) in [5.41, 5.74) is 2.27. The number of aromatic nitrogens is 2. The van der Waals surface area contributed by atoms with Crippen molar-refractivity contribution in [3.05, 3.63) is 35.8 Å². The average molecular weight is 328 g/mol. The minimum absolute atomic E-state index is 0.182. The summed E-state index contributed by atoms with van der Waals surface area (Å²) in [6.45, 7) is 4.13. The standard InChI is InChI=1S/C18H24N4O2/c1-12-4-7-16-19-14(11-22(16)10-12)18(24)20-13-5-6-15(17(13)23)21-8-2-3-9-21/h4,7,10-11,13,15,17,23H,2-3,5-6,8-9H2,1H3,(H,20,24)/t13-,15-,17-/m1/s1. The van der Waals surface area contributed by atoms with E-state index in [-0.39, 0.29) is 18.0 Å². The Balaban J connectivity index is 1.45. The molecule has 2 aliphatic rings. The molecule has 0 radical (unpaired) electrons. The number of amides is 1. The van der Waals surface area contributed by atoms with Gasteiger partial charge in [-0.1, -0.05) is 6.07 Å². The van der Waals surface area contributed by atoms with Gasteiger partial charge in [-0.2, -0.15) is 0 Å². The molecule has 3 atom stereocenters. The van der Waals surface area contributed by atoms with E-state index in [1.807, 2.05) is 29.7 Å². The van der Waals surface area contributed by atoms with Crippen molar-refractivity contribution in [2.45, 2.75) is 50.8 Å². The average Bonchev–Trinajstić information content (AvgIpc) is 3.27. The van der Waals surface area contributed by atoms with E-state index in [4.69, 9.17) is 0 Å². The Morgan fingerprint density at radius 3 is 2.83 bits per heavy atom. The summed E-state index contributed by atoms with van der Waals surface area (Å²) < 4.78 is 1.86. The van der Waals surface area contributed by atoms with Crippen LogP contribution in [0.3, 0.4) is 0 Å². The van der Waals surface area contributed by atoms with E-state index in [1.54, 1.807) is 6.20 Å². The number of carbonyl (C=O) groups excluding carboxylic acids is 1. The van der Waals surface area contributed by atoms with Gasteiger partial charge in [-0.05, 0) is 57.3 Å². The van der Waals surface area contributed by atoms with Gasteiger partial charge in [0, 0.05) is 18.4 Å². The number of carbonyl (C=O) groups is 1. The predicted molar refractivity (Wildman–Crippen MR) is 91.0 cm³/mol. The minimum atomic E-state index is -0.494. The molecule has 2 N–H and O–H groups in total. The molecule has 24 heavy (non-hydrogen) atoms. The highest BCUT2D eigenvalue weighted by molar-refractivity contribution is 5.93. The van der Waals surface area contributed by atoms with Crippen LogP contribution in [0.5, 0.6) is 0 Å². The van der Waals surface area contributed by atoms with E-state index >= 15 is 0 Å². The SMILES string of the molecule is Cc1ccc2nc(C(=O)N[C@@H]3CC[C@@H](N4CCCC4)[C@@H]3O)cn2c1. The van der Waals surface area contributed by atoms with Crippen LogP contribution in [0.2, 0.25) is 0 Å².